The summed E-state index contributed by atoms with van der Waals surface area (Å²) in [5.41, 5.74) is 1.41. The van der Waals surface area contributed by atoms with E-state index in [0.717, 1.165) is 31.9 Å². The highest BCUT2D eigenvalue weighted by Gasteiger charge is 2.22. The van der Waals surface area contributed by atoms with Crippen molar-refractivity contribution in [1.29, 1.82) is 0 Å². The fraction of sp³-hybridized carbons (Fsp3) is 0.625. The van der Waals surface area contributed by atoms with Crippen molar-refractivity contribution in [3.8, 4) is 5.75 Å². The van der Waals surface area contributed by atoms with Crippen molar-refractivity contribution < 1.29 is 4.74 Å². The van der Waals surface area contributed by atoms with Crippen LogP contribution in [-0.4, -0.2) is 38.2 Å². The third kappa shape index (κ3) is 3.95. The summed E-state index contributed by atoms with van der Waals surface area (Å²) in [7, 11) is 1.72. The maximum absolute atomic E-state index is 5.25. The molecule has 1 aromatic rings. The number of hydrogen-bond acceptors (Lipinski definition) is 3. The normalized spacial score (nSPS) is 18.5. The maximum atomic E-state index is 5.25. The monoisotopic (exact) mass is 262 g/mol. The Hall–Kier alpha value is -1.06. The zero-order valence-corrected chi connectivity index (χ0v) is 12.4. The molecule has 0 bridgehead atoms. The van der Waals surface area contributed by atoms with E-state index < -0.39 is 0 Å². The van der Waals surface area contributed by atoms with Crippen LogP contribution < -0.4 is 10.1 Å². The Morgan fingerprint density at radius 2 is 1.79 bits per heavy atom. The van der Waals surface area contributed by atoms with Crippen molar-refractivity contribution in [2.75, 3.05) is 33.3 Å². The van der Waals surface area contributed by atoms with Gasteiger partial charge in [-0.25, -0.2) is 0 Å². The van der Waals surface area contributed by atoms with E-state index in [1.165, 1.54) is 12.0 Å². The molecule has 1 aliphatic rings. The van der Waals surface area contributed by atoms with Crippen LogP contribution in [0.5, 0.6) is 5.75 Å². The molecule has 1 aromatic carbocycles. The lowest BCUT2D eigenvalue weighted by Crippen LogP contribution is -2.45. The highest BCUT2D eigenvalue weighted by atomic mass is 16.5. The van der Waals surface area contributed by atoms with E-state index in [0.29, 0.717) is 12.0 Å². The lowest BCUT2D eigenvalue weighted by molar-refractivity contribution is 0.154. The number of nitrogens with zero attached hydrogens (tertiary/aromatic N) is 1. The van der Waals surface area contributed by atoms with Gasteiger partial charge in [-0.2, -0.15) is 0 Å². The molecule has 3 nitrogen and oxygen atoms in total. The second-order valence-corrected chi connectivity index (χ2v) is 5.70. The predicted octanol–water partition coefficient (Wildman–Crippen LogP) is 2.69. The summed E-state index contributed by atoms with van der Waals surface area (Å²) in [5.74, 6) is 1.65. The number of hydrogen-bond donors (Lipinski definition) is 1. The van der Waals surface area contributed by atoms with Crippen molar-refractivity contribution in [1.82, 2.24) is 10.2 Å². The minimum absolute atomic E-state index is 0.535. The lowest BCUT2D eigenvalue weighted by atomic mass is 9.95. The lowest BCUT2D eigenvalue weighted by Gasteiger charge is -2.36. The van der Waals surface area contributed by atoms with Crippen molar-refractivity contribution in [3.63, 3.8) is 0 Å². The van der Waals surface area contributed by atoms with Gasteiger partial charge in [0.05, 0.1) is 7.11 Å². The Morgan fingerprint density at radius 3 is 2.32 bits per heavy atom. The zero-order chi connectivity index (χ0) is 13.7. The molecule has 19 heavy (non-hydrogen) atoms. The van der Waals surface area contributed by atoms with Crippen LogP contribution in [0.4, 0.5) is 0 Å². The number of nitrogens with one attached hydrogen (secondary N) is 1. The molecule has 0 amide bonds. The Bertz CT molecular complexity index is 369. The highest BCUT2D eigenvalue weighted by molar-refractivity contribution is 5.29. The third-order valence-corrected chi connectivity index (χ3v) is 3.79. The second-order valence-electron chi connectivity index (χ2n) is 5.70. The molecule has 0 aliphatic carbocycles. The quantitative estimate of drug-likeness (QED) is 0.883. The van der Waals surface area contributed by atoms with E-state index in [9.17, 15) is 0 Å². The number of piperazine rings is 1. The molecule has 1 aliphatic heterocycles. The molecular weight excluding hydrogens is 236 g/mol. The largest absolute Gasteiger partial charge is 0.497 e. The topological polar surface area (TPSA) is 24.5 Å². The van der Waals surface area contributed by atoms with Crippen LogP contribution in [0.3, 0.4) is 0 Å². The van der Waals surface area contributed by atoms with Gasteiger partial charge >= 0.3 is 0 Å². The van der Waals surface area contributed by atoms with Gasteiger partial charge < -0.3 is 10.1 Å². The molecule has 0 unspecified atom stereocenters. The van der Waals surface area contributed by atoms with Gasteiger partial charge in [-0.05, 0) is 30.0 Å². The average molecular weight is 262 g/mol. The Labute approximate surface area is 116 Å². The summed E-state index contributed by atoms with van der Waals surface area (Å²) in [5, 5.41) is 3.43. The van der Waals surface area contributed by atoms with Crippen LogP contribution >= 0.6 is 0 Å². The molecule has 1 N–H and O–H groups in total. The van der Waals surface area contributed by atoms with Crippen molar-refractivity contribution in [2.45, 2.75) is 26.3 Å². The summed E-state index contributed by atoms with van der Waals surface area (Å²) in [6, 6.07) is 9.12. The van der Waals surface area contributed by atoms with E-state index >= 15 is 0 Å². The maximum Gasteiger partial charge on any atom is 0.118 e. The van der Waals surface area contributed by atoms with Gasteiger partial charge in [0.15, 0.2) is 0 Å². The van der Waals surface area contributed by atoms with Crippen molar-refractivity contribution in [2.24, 2.45) is 5.92 Å². The first kappa shape index (κ1) is 14.4. The van der Waals surface area contributed by atoms with E-state index in [2.05, 4.69) is 48.3 Å². The van der Waals surface area contributed by atoms with Crippen molar-refractivity contribution >= 4 is 0 Å². The molecule has 0 aromatic heterocycles. The van der Waals surface area contributed by atoms with Gasteiger partial charge in [-0.3, -0.25) is 4.90 Å². The van der Waals surface area contributed by atoms with Crippen LogP contribution in [0.2, 0.25) is 0 Å². The predicted molar refractivity (Wildman–Crippen MR) is 79.6 cm³/mol. The molecule has 0 spiro atoms. The fourth-order valence-electron chi connectivity index (χ4n) is 2.76. The first-order valence-electron chi connectivity index (χ1n) is 7.29. The number of rotatable bonds is 5. The standard InChI is InChI=1S/C16H26N2O/c1-13(2)12-16(18-10-8-17-9-11-18)14-4-6-15(19-3)7-5-14/h4-7,13,16-17H,8-12H2,1-3H3/t16-/m0/s1. The van der Waals surface area contributed by atoms with Crippen molar-refractivity contribution in [3.05, 3.63) is 29.8 Å². The third-order valence-electron chi connectivity index (χ3n) is 3.79. The zero-order valence-electron chi connectivity index (χ0n) is 12.4. The second kappa shape index (κ2) is 6.92. The van der Waals surface area contributed by atoms with Crippen LogP contribution in [0.1, 0.15) is 31.9 Å². The van der Waals surface area contributed by atoms with Crippen LogP contribution in [0, 0.1) is 5.92 Å². The molecule has 0 saturated carbocycles. The van der Waals surface area contributed by atoms with Gasteiger partial charge in [0, 0.05) is 32.2 Å². The molecule has 1 fully saturated rings. The molecule has 1 saturated heterocycles. The first-order chi connectivity index (χ1) is 9.20. The van der Waals surface area contributed by atoms with E-state index in [4.69, 9.17) is 4.74 Å². The number of ether oxygens (including phenoxy) is 1. The molecule has 1 heterocycles. The molecule has 1 atom stereocenters. The van der Waals surface area contributed by atoms with Crippen LogP contribution in [0.15, 0.2) is 24.3 Å². The minimum Gasteiger partial charge on any atom is -0.497 e. The Balaban J connectivity index is 2.14. The van der Waals surface area contributed by atoms with Gasteiger partial charge in [0.2, 0.25) is 0 Å². The van der Waals surface area contributed by atoms with E-state index in [-0.39, 0.29) is 0 Å². The SMILES string of the molecule is COc1ccc([C@H](CC(C)C)N2CCNCC2)cc1. The summed E-state index contributed by atoms with van der Waals surface area (Å²) in [6.45, 7) is 9.10. The summed E-state index contributed by atoms with van der Waals surface area (Å²) >= 11 is 0. The molecule has 3 heteroatoms. The summed E-state index contributed by atoms with van der Waals surface area (Å²) < 4.78 is 5.25. The molecular formula is C16H26N2O. The minimum atomic E-state index is 0.535. The number of benzene rings is 1. The molecule has 0 radical (unpaired) electrons. The van der Waals surface area contributed by atoms with Crippen LogP contribution in [-0.2, 0) is 0 Å². The molecule has 106 valence electrons. The smallest absolute Gasteiger partial charge is 0.118 e. The van der Waals surface area contributed by atoms with Gasteiger partial charge in [-0.15, -0.1) is 0 Å². The Morgan fingerprint density at radius 1 is 1.16 bits per heavy atom. The molecule has 2 rings (SSSR count). The summed E-state index contributed by atoms with van der Waals surface area (Å²) in [6.07, 6.45) is 1.21. The van der Waals surface area contributed by atoms with Crippen LogP contribution in [0.25, 0.3) is 0 Å². The first-order valence-corrected chi connectivity index (χ1v) is 7.29. The fourth-order valence-corrected chi connectivity index (χ4v) is 2.76. The van der Waals surface area contributed by atoms with Gasteiger partial charge in [-0.1, -0.05) is 26.0 Å². The Kier molecular flexibility index (Phi) is 5.23. The summed E-state index contributed by atoms with van der Waals surface area (Å²) in [4.78, 5) is 2.61. The van der Waals surface area contributed by atoms with Gasteiger partial charge in [0.25, 0.3) is 0 Å². The highest BCUT2D eigenvalue weighted by Crippen LogP contribution is 2.29. The number of methoxy groups -OCH3 is 1. The van der Waals surface area contributed by atoms with Gasteiger partial charge in [0.1, 0.15) is 5.75 Å². The average Bonchev–Trinajstić information content (AvgIpc) is 2.46. The van der Waals surface area contributed by atoms with E-state index in [1.54, 1.807) is 7.11 Å². The van der Waals surface area contributed by atoms with E-state index in [1.807, 2.05) is 0 Å².